The molecule has 0 saturated carbocycles. The Hall–Kier alpha value is -1.63. The Kier molecular flexibility index (Phi) is 3.49. The molecular weight excluding hydrogens is 252 g/mol. The third kappa shape index (κ3) is 2.06. The van der Waals surface area contributed by atoms with Gasteiger partial charge in [-0.1, -0.05) is 33.8 Å². The van der Waals surface area contributed by atoms with Crippen molar-refractivity contribution >= 4 is 11.7 Å². The molecule has 0 radical (unpaired) electrons. The van der Waals surface area contributed by atoms with Crippen LogP contribution in [0.4, 0.5) is 0 Å². The molecule has 4 nitrogen and oxygen atoms in total. The Morgan fingerprint density at radius 1 is 1.50 bits per heavy atom. The van der Waals surface area contributed by atoms with Gasteiger partial charge in [0.25, 0.3) is 0 Å². The molecular formula is C16H22N2O2. The molecule has 1 fully saturated rings. The average molecular weight is 274 g/mol. The fourth-order valence-corrected chi connectivity index (χ4v) is 3.97. The van der Waals surface area contributed by atoms with Crippen LogP contribution in [0.1, 0.15) is 40.5 Å². The SMILES string of the molecule is CCC(=O)N1CC[C@H]2C(C)(C)C(=O)C(C#N)=C[C@]2(C)C1. The summed E-state index contributed by atoms with van der Waals surface area (Å²) in [4.78, 5) is 26.2. The van der Waals surface area contributed by atoms with Crippen LogP contribution in [-0.4, -0.2) is 29.7 Å². The predicted molar refractivity (Wildman–Crippen MR) is 75.6 cm³/mol. The molecule has 1 aliphatic carbocycles. The highest BCUT2D eigenvalue weighted by Gasteiger charge is 2.53. The molecule has 2 aliphatic rings. The van der Waals surface area contributed by atoms with Crippen molar-refractivity contribution in [1.29, 1.82) is 5.26 Å². The lowest BCUT2D eigenvalue weighted by molar-refractivity contribution is -0.140. The van der Waals surface area contributed by atoms with Crippen LogP contribution < -0.4 is 0 Å². The zero-order chi connectivity index (χ0) is 15.1. The quantitative estimate of drug-likeness (QED) is 0.737. The summed E-state index contributed by atoms with van der Waals surface area (Å²) >= 11 is 0. The minimum absolute atomic E-state index is 0.0576. The number of rotatable bonds is 1. The van der Waals surface area contributed by atoms with E-state index in [-0.39, 0.29) is 28.6 Å². The molecule has 4 heteroatoms. The van der Waals surface area contributed by atoms with Gasteiger partial charge in [-0.15, -0.1) is 0 Å². The summed E-state index contributed by atoms with van der Waals surface area (Å²) in [5.74, 6) is 0.268. The molecule has 0 unspecified atom stereocenters. The van der Waals surface area contributed by atoms with E-state index in [4.69, 9.17) is 0 Å². The molecule has 0 N–H and O–H groups in total. The van der Waals surface area contributed by atoms with Gasteiger partial charge in [-0.2, -0.15) is 5.26 Å². The maximum atomic E-state index is 12.4. The first kappa shape index (κ1) is 14.8. The van der Waals surface area contributed by atoms with E-state index in [1.807, 2.05) is 31.7 Å². The van der Waals surface area contributed by atoms with E-state index < -0.39 is 5.41 Å². The minimum Gasteiger partial charge on any atom is -0.342 e. The van der Waals surface area contributed by atoms with Crippen LogP contribution in [0.3, 0.4) is 0 Å². The lowest BCUT2D eigenvalue weighted by atomic mass is 9.55. The van der Waals surface area contributed by atoms with Crippen molar-refractivity contribution in [3.05, 3.63) is 11.6 Å². The highest BCUT2D eigenvalue weighted by atomic mass is 16.2. The van der Waals surface area contributed by atoms with Crippen molar-refractivity contribution in [2.24, 2.45) is 16.7 Å². The summed E-state index contributed by atoms with van der Waals surface area (Å²) < 4.78 is 0. The van der Waals surface area contributed by atoms with Crippen molar-refractivity contribution in [3.8, 4) is 6.07 Å². The van der Waals surface area contributed by atoms with Crippen LogP contribution in [0.5, 0.6) is 0 Å². The van der Waals surface area contributed by atoms with Gasteiger partial charge in [0.05, 0.1) is 5.57 Å². The maximum Gasteiger partial charge on any atom is 0.222 e. The summed E-state index contributed by atoms with van der Waals surface area (Å²) in [6, 6.07) is 2.03. The Balaban J connectivity index is 2.42. The number of carbonyl (C=O) groups excluding carboxylic acids is 2. The summed E-state index contributed by atoms with van der Waals surface area (Å²) in [6.45, 7) is 9.10. The fraction of sp³-hybridized carbons (Fsp3) is 0.688. The third-order valence-corrected chi connectivity index (χ3v) is 4.97. The van der Waals surface area contributed by atoms with Crippen LogP contribution in [0.25, 0.3) is 0 Å². The van der Waals surface area contributed by atoms with E-state index in [0.717, 1.165) is 6.42 Å². The van der Waals surface area contributed by atoms with E-state index in [1.165, 1.54) is 0 Å². The lowest BCUT2D eigenvalue weighted by Crippen LogP contribution is -2.56. The molecule has 1 saturated heterocycles. The summed E-state index contributed by atoms with van der Waals surface area (Å²) in [5.41, 5.74) is -0.568. The van der Waals surface area contributed by atoms with E-state index in [1.54, 1.807) is 6.08 Å². The van der Waals surface area contributed by atoms with Gasteiger partial charge in [-0.25, -0.2) is 0 Å². The second-order valence-corrected chi connectivity index (χ2v) is 6.74. The molecule has 0 bridgehead atoms. The molecule has 0 aromatic rings. The van der Waals surface area contributed by atoms with Crippen molar-refractivity contribution in [2.75, 3.05) is 13.1 Å². The van der Waals surface area contributed by atoms with Gasteiger partial charge in [0.1, 0.15) is 6.07 Å². The van der Waals surface area contributed by atoms with E-state index in [9.17, 15) is 14.9 Å². The van der Waals surface area contributed by atoms with Crippen LogP contribution in [-0.2, 0) is 9.59 Å². The average Bonchev–Trinajstić information content (AvgIpc) is 2.41. The molecule has 108 valence electrons. The van der Waals surface area contributed by atoms with Crippen LogP contribution in [0, 0.1) is 28.1 Å². The summed E-state index contributed by atoms with van der Waals surface area (Å²) in [6.07, 6.45) is 3.12. The molecule has 20 heavy (non-hydrogen) atoms. The third-order valence-electron chi connectivity index (χ3n) is 4.97. The molecule has 0 aromatic carbocycles. The highest BCUT2D eigenvalue weighted by molar-refractivity contribution is 6.04. The second kappa shape index (κ2) is 4.73. The zero-order valence-electron chi connectivity index (χ0n) is 12.7. The number of hydrogen-bond acceptors (Lipinski definition) is 3. The standard InChI is InChI=1S/C16H22N2O2/c1-5-13(19)18-7-6-12-15(2,3)14(20)11(9-17)8-16(12,4)10-18/h8,12H,5-7,10H2,1-4H3/t12-,16+/m0/s1. The van der Waals surface area contributed by atoms with Gasteiger partial charge in [0, 0.05) is 30.3 Å². The van der Waals surface area contributed by atoms with Gasteiger partial charge in [-0.05, 0) is 12.3 Å². The Morgan fingerprint density at radius 3 is 2.70 bits per heavy atom. The first-order valence-electron chi connectivity index (χ1n) is 7.22. The Morgan fingerprint density at radius 2 is 2.15 bits per heavy atom. The van der Waals surface area contributed by atoms with Gasteiger partial charge in [0.2, 0.25) is 5.91 Å². The topological polar surface area (TPSA) is 61.2 Å². The molecule has 1 amide bonds. The number of piperidine rings is 1. The number of carbonyl (C=O) groups is 2. The number of nitriles is 1. The molecule has 1 aliphatic heterocycles. The van der Waals surface area contributed by atoms with Gasteiger partial charge in [0.15, 0.2) is 5.78 Å². The number of Topliss-reactive ketones (excluding diaryl/α,β-unsaturated/α-hetero) is 1. The number of allylic oxidation sites excluding steroid dienone is 1. The molecule has 2 rings (SSSR count). The number of amides is 1. The second-order valence-electron chi connectivity index (χ2n) is 6.74. The molecule has 0 spiro atoms. The first-order chi connectivity index (χ1) is 9.26. The van der Waals surface area contributed by atoms with Crippen molar-refractivity contribution in [3.63, 3.8) is 0 Å². The normalized spacial score (nSPS) is 32.1. The lowest BCUT2D eigenvalue weighted by Gasteiger charge is -2.53. The largest absolute Gasteiger partial charge is 0.342 e. The van der Waals surface area contributed by atoms with Crippen molar-refractivity contribution < 1.29 is 9.59 Å². The number of ketones is 1. The summed E-state index contributed by atoms with van der Waals surface area (Å²) in [5, 5.41) is 9.20. The van der Waals surface area contributed by atoms with Crippen molar-refractivity contribution in [1.82, 2.24) is 4.90 Å². The van der Waals surface area contributed by atoms with Crippen LogP contribution >= 0.6 is 0 Å². The Bertz CT molecular complexity index is 527. The van der Waals surface area contributed by atoms with Gasteiger partial charge >= 0.3 is 0 Å². The van der Waals surface area contributed by atoms with Crippen LogP contribution in [0.2, 0.25) is 0 Å². The van der Waals surface area contributed by atoms with Crippen LogP contribution in [0.15, 0.2) is 11.6 Å². The number of fused-ring (bicyclic) bond motifs is 1. The number of likely N-dealkylation sites (tertiary alicyclic amines) is 1. The van der Waals surface area contributed by atoms with E-state index >= 15 is 0 Å². The van der Waals surface area contributed by atoms with E-state index in [0.29, 0.717) is 19.5 Å². The van der Waals surface area contributed by atoms with E-state index in [2.05, 4.69) is 6.92 Å². The highest BCUT2D eigenvalue weighted by Crippen LogP contribution is 2.51. The first-order valence-corrected chi connectivity index (χ1v) is 7.22. The molecule has 2 atom stereocenters. The monoisotopic (exact) mass is 274 g/mol. The fourth-order valence-electron chi connectivity index (χ4n) is 3.97. The van der Waals surface area contributed by atoms with Gasteiger partial charge < -0.3 is 4.90 Å². The number of hydrogen-bond donors (Lipinski definition) is 0. The molecule has 1 heterocycles. The number of nitrogens with zero attached hydrogens (tertiary/aromatic N) is 2. The zero-order valence-corrected chi connectivity index (χ0v) is 12.7. The van der Waals surface area contributed by atoms with Gasteiger partial charge in [-0.3, -0.25) is 9.59 Å². The maximum absolute atomic E-state index is 12.4. The van der Waals surface area contributed by atoms with Crippen molar-refractivity contribution in [2.45, 2.75) is 40.5 Å². The minimum atomic E-state index is -0.532. The Labute approximate surface area is 120 Å². The summed E-state index contributed by atoms with van der Waals surface area (Å²) in [7, 11) is 0. The smallest absolute Gasteiger partial charge is 0.222 e. The molecule has 0 aromatic heterocycles. The predicted octanol–water partition coefficient (Wildman–Crippen LogP) is 2.31.